The molecule has 0 spiro atoms. The number of benzene rings is 7. The maximum absolute atomic E-state index is 6.31. The van der Waals surface area contributed by atoms with Gasteiger partial charge in [0.15, 0.2) is 0 Å². The van der Waals surface area contributed by atoms with Gasteiger partial charge in [0.2, 0.25) is 11.8 Å². The highest BCUT2D eigenvalue weighted by atomic mass is 16.5. The Balaban J connectivity index is 1.24. The molecule has 2 aliphatic heterocycles. The van der Waals surface area contributed by atoms with Crippen LogP contribution in [0.5, 0.6) is 0 Å². The van der Waals surface area contributed by atoms with Gasteiger partial charge in [0.05, 0.1) is 18.5 Å². The maximum Gasteiger partial charge on any atom is 0.216 e. The molecule has 7 aromatic carbocycles. The minimum Gasteiger partial charge on any atom is -0.469 e. The van der Waals surface area contributed by atoms with E-state index in [1.165, 1.54) is 49.7 Å². The smallest absolute Gasteiger partial charge is 0.216 e. The van der Waals surface area contributed by atoms with Crippen molar-refractivity contribution in [1.82, 2.24) is 0 Å². The second-order valence-electron chi connectivity index (χ2n) is 16.3. The monoisotopic (exact) mass is 714 g/mol. The van der Waals surface area contributed by atoms with Crippen molar-refractivity contribution in [2.24, 2.45) is 9.98 Å². The van der Waals surface area contributed by atoms with E-state index in [2.05, 4.69) is 185 Å². The van der Waals surface area contributed by atoms with Crippen molar-refractivity contribution < 1.29 is 9.47 Å². The molecule has 0 unspecified atom stereocenters. The van der Waals surface area contributed by atoms with Crippen molar-refractivity contribution in [3.63, 3.8) is 0 Å². The number of rotatable bonds is 6. The average Bonchev–Trinajstić information content (AvgIpc) is 3.88. The minimum atomic E-state index is -0.595. The van der Waals surface area contributed by atoms with Crippen molar-refractivity contribution >= 4 is 22.6 Å². The molecule has 0 saturated heterocycles. The van der Waals surface area contributed by atoms with E-state index in [1.807, 2.05) is 0 Å². The van der Waals surface area contributed by atoms with Gasteiger partial charge in [-0.05, 0) is 131 Å². The van der Waals surface area contributed by atoms with E-state index >= 15 is 0 Å². The zero-order valence-electron chi connectivity index (χ0n) is 31.6. The van der Waals surface area contributed by atoms with Crippen LogP contribution in [0.15, 0.2) is 168 Å². The summed E-state index contributed by atoms with van der Waals surface area (Å²) in [6, 6.07) is 57.8. The standard InChI is InChI=1S/C51H42N2O2/c1-49(2)31-52-47(54-49)36-17-13-15-33(27-36)34-25-26-42-44(29-34)51(38-19-7-5-8-20-38,39-21-9-6-10-22-39)45-30-43(40-23-11-12-24-41(40)46(42)45)35-16-14-18-37(28-35)48-53-32-50(3,4)55-48/h5-30H,31-32H2,1-4H3. The Hall–Kier alpha value is -6.26. The summed E-state index contributed by atoms with van der Waals surface area (Å²) in [6.45, 7) is 9.66. The van der Waals surface area contributed by atoms with Crippen LogP contribution in [-0.4, -0.2) is 36.1 Å². The van der Waals surface area contributed by atoms with Crippen LogP contribution in [0.1, 0.15) is 61.1 Å². The Labute approximate surface area is 322 Å². The third-order valence-corrected chi connectivity index (χ3v) is 11.4. The van der Waals surface area contributed by atoms with Crippen LogP contribution in [0.2, 0.25) is 0 Å². The van der Waals surface area contributed by atoms with Gasteiger partial charge in [-0.2, -0.15) is 0 Å². The van der Waals surface area contributed by atoms with Crippen molar-refractivity contribution in [2.45, 2.75) is 44.3 Å². The summed E-state index contributed by atoms with van der Waals surface area (Å²) >= 11 is 0. The Bertz CT molecular complexity index is 2670. The van der Waals surface area contributed by atoms with Crippen LogP contribution >= 0.6 is 0 Å². The molecule has 0 saturated carbocycles. The quantitative estimate of drug-likeness (QED) is 0.172. The number of aliphatic imine (C=N–C) groups is 2. The highest BCUT2D eigenvalue weighted by Gasteiger charge is 2.47. The highest BCUT2D eigenvalue weighted by molar-refractivity contribution is 6.11. The molecule has 0 atom stereocenters. The van der Waals surface area contributed by atoms with E-state index < -0.39 is 5.41 Å². The number of nitrogens with zero attached hydrogens (tertiary/aromatic N) is 2. The number of hydrogen-bond donors (Lipinski definition) is 0. The highest BCUT2D eigenvalue weighted by Crippen LogP contribution is 2.59. The van der Waals surface area contributed by atoms with Crippen molar-refractivity contribution in [3.8, 4) is 33.4 Å². The first-order valence-electron chi connectivity index (χ1n) is 19.2. The zero-order chi connectivity index (χ0) is 37.4. The van der Waals surface area contributed by atoms with E-state index in [4.69, 9.17) is 19.5 Å². The predicted molar refractivity (Wildman–Crippen MR) is 225 cm³/mol. The third-order valence-electron chi connectivity index (χ3n) is 11.4. The summed E-state index contributed by atoms with van der Waals surface area (Å²) in [5.74, 6) is 1.42. The molecule has 4 nitrogen and oxygen atoms in total. The summed E-state index contributed by atoms with van der Waals surface area (Å²) < 4.78 is 12.6. The van der Waals surface area contributed by atoms with Crippen LogP contribution < -0.4 is 0 Å². The van der Waals surface area contributed by atoms with Gasteiger partial charge in [-0.15, -0.1) is 0 Å². The fourth-order valence-electron chi connectivity index (χ4n) is 8.89. The summed E-state index contributed by atoms with van der Waals surface area (Å²) in [5, 5.41) is 2.45. The largest absolute Gasteiger partial charge is 0.469 e. The molecule has 10 rings (SSSR count). The molecule has 7 aromatic rings. The van der Waals surface area contributed by atoms with E-state index in [1.54, 1.807) is 0 Å². The van der Waals surface area contributed by atoms with Crippen LogP contribution in [0.25, 0.3) is 44.2 Å². The fourth-order valence-corrected chi connectivity index (χ4v) is 8.89. The van der Waals surface area contributed by atoms with Crippen LogP contribution in [0, 0.1) is 0 Å². The second-order valence-corrected chi connectivity index (χ2v) is 16.3. The van der Waals surface area contributed by atoms with Crippen LogP contribution in [-0.2, 0) is 14.9 Å². The van der Waals surface area contributed by atoms with Crippen LogP contribution in [0.4, 0.5) is 0 Å². The topological polar surface area (TPSA) is 43.2 Å². The lowest BCUT2D eigenvalue weighted by Gasteiger charge is -2.34. The molecule has 0 radical (unpaired) electrons. The Morgan fingerprint density at radius 2 is 0.927 bits per heavy atom. The lowest BCUT2D eigenvalue weighted by molar-refractivity contribution is 0.131. The van der Waals surface area contributed by atoms with Gasteiger partial charge in [0.25, 0.3) is 0 Å². The fraction of sp³-hybridized carbons (Fsp3) is 0.176. The summed E-state index contributed by atoms with van der Waals surface area (Å²) in [5.41, 5.74) is 12.9. The summed E-state index contributed by atoms with van der Waals surface area (Å²) in [6.07, 6.45) is 0. The van der Waals surface area contributed by atoms with E-state index in [-0.39, 0.29) is 11.2 Å². The number of ether oxygens (including phenoxy) is 2. The molecule has 2 heterocycles. The van der Waals surface area contributed by atoms with E-state index in [0.29, 0.717) is 24.9 Å². The van der Waals surface area contributed by atoms with Crippen molar-refractivity contribution in [2.75, 3.05) is 13.1 Å². The first kappa shape index (κ1) is 33.3. The van der Waals surface area contributed by atoms with Gasteiger partial charge in [-0.1, -0.05) is 121 Å². The number of hydrogen-bond acceptors (Lipinski definition) is 4. The summed E-state index contributed by atoms with van der Waals surface area (Å²) in [7, 11) is 0. The molecule has 0 N–H and O–H groups in total. The molecule has 268 valence electrons. The van der Waals surface area contributed by atoms with Crippen molar-refractivity contribution in [3.05, 3.63) is 191 Å². The van der Waals surface area contributed by atoms with Gasteiger partial charge >= 0.3 is 0 Å². The first-order valence-corrected chi connectivity index (χ1v) is 19.2. The number of fused-ring (bicyclic) bond motifs is 5. The normalized spacial score (nSPS) is 17.2. The maximum atomic E-state index is 6.31. The van der Waals surface area contributed by atoms with Gasteiger partial charge in [0.1, 0.15) is 11.2 Å². The lowest BCUT2D eigenvalue weighted by atomic mass is 9.67. The van der Waals surface area contributed by atoms with Crippen LogP contribution in [0.3, 0.4) is 0 Å². The van der Waals surface area contributed by atoms with E-state index in [9.17, 15) is 0 Å². The molecular weight excluding hydrogens is 673 g/mol. The molecule has 0 fully saturated rings. The van der Waals surface area contributed by atoms with Gasteiger partial charge in [-0.25, -0.2) is 9.98 Å². The SMILES string of the molecule is CC1(C)CN=C(c2cccc(-c3ccc4c(c3)C(c3ccccc3)(c3ccccc3)c3cc(-c5cccc(C6=NCC(C)(C)O6)c5)c5ccccc5c3-4)c2)O1. The Morgan fingerprint density at radius 3 is 1.51 bits per heavy atom. The Kier molecular flexibility index (Phi) is 7.51. The van der Waals surface area contributed by atoms with Gasteiger partial charge in [0, 0.05) is 11.1 Å². The zero-order valence-corrected chi connectivity index (χ0v) is 31.6. The molecule has 1 aliphatic carbocycles. The van der Waals surface area contributed by atoms with E-state index in [0.717, 1.165) is 27.8 Å². The minimum absolute atomic E-state index is 0.298. The van der Waals surface area contributed by atoms with Gasteiger partial charge < -0.3 is 9.47 Å². The van der Waals surface area contributed by atoms with Crippen molar-refractivity contribution in [1.29, 1.82) is 0 Å². The van der Waals surface area contributed by atoms with Gasteiger partial charge in [-0.3, -0.25) is 0 Å². The molecule has 0 amide bonds. The molecule has 0 bridgehead atoms. The predicted octanol–water partition coefficient (Wildman–Crippen LogP) is 11.6. The summed E-state index contributed by atoms with van der Waals surface area (Å²) in [4.78, 5) is 9.55. The third kappa shape index (κ3) is 5.42. The molecule has 55 heavy (non-hydrogen) atoms. The molecule has 4 heteroatoms. The lowest BCUT2D eigenvalue weighted by Crippen LogP contribution is -2.28. The molecular formula is C51H42N2O2. The average molecular weight is 715 g/mol. The second kappa shape index (κ2) is 12.4. The molecule has 0 aromatic heterocycles. The Morgan fingerprint density at radius 1 is 0.418 bits per heavy atom. The molecule has 3 aliphatic rings. The first-order chi connectivity index (χ1) is 26.7.